The van der Waals surface area contributed by atoms with E-state index in [0.29, 0.717) is 0 Å². The van der Waals surface area contributed by atoms with E-state index in [1.807, 2.05) is 0 Å². The lowest BCUT2D eigenvalue weighted by Gasteiger charge is -2.18. The number of hydrogen-bond acceptors (Lipinski definition) is 4. The fourth-order valence-electron chi connectivity index (χ4n) is 1.58. The molecule has 0 spiro atoms. The number of nitrogens with one attached hydrogen (secondary N) is 1. The Hall–Kier alpha value is -1.97. The lowest BCUT2D eigenvalue weighted by molar-refractivity contribution is -0.119. The third kappa shape index (κ3) is 4.32. The van der Waals surface area contributed by atoms with Crippen molar-refractivity contribution >= 4 is 5.91 Å². The Morgan fingerprint density at radius 1 is 1.53 bits per heavy atom. The van der Waals surface area contributed by atoms with Crippen LogP contribution in [0.2, 0.25) is 0 Å². The molecule has 1 aromatic rings. The molecule has 19 heavy (non-hydrogen) atoms. The molecule has 2 unspecified atom stereocenters. The SMILES string of the molecule is CC(=O)NCCC(O)C(O)c1ccc(C#N)c(F)c1. The monoisotopic (exact) mass is 266 g/mol. The number of nitrogens with zero attached hydrogens (tertiary/aromatic N) is 1. The summed E-state index contributed by atoms with van der Waals surface area (Å²) < 4.78 is 13.4. The Balaban J connectivity index is 2.66. The largest absolute Gasteiger partial charge is 0.390 e. The second-order valence-electron chi connectivity index (χ2n) is 4.13. The standard InChI is InChI=1S/C13H15FN2O3/c1-8(17)16-5-4-12(18)13(19)9-2-3-10(7-15)11(14)6-9/h2-3,6,12-13,18-19H,4-5H2,1H3,(H,16,17). The average Bonchev–Trinajstić information content (AvgIpc) is 2.37. The molecule has 102 valence electrons. The molecule has 3 N–H and O–H groups in total. The van der Waals surface area contributed by atoms with Gasteiger partial charge < -0.3 is 15.5 Å². The van der Waals surface area contributed by atoms with Crippen molar-refractivity contribution in [3.8, 4) is 6.07 Å². The van der Waals surface area contributed by atoms with Crippen molar-refractivity contribution < 1.29 is 19.4 Å². The van der Waals surface area contributed by atoms with Crippen molar-refractivity contribution in [2.45, 2.75) is 25.6 Å². The third-order valence-electron chi connectivity index (χ3n) is 2.63. The lowest BCUT2D eigenvalue weighted by Crippen LogP contribution is -2.27. The highest BCUT2D eigenvalue weighted by atomic mass is 19.1. The quantitative estimate of drug-likeness (QED) is 0.728. The second kappa shape index (κ2) is 6.83. The molecule has 0 aliphatic heterocycles. The molecule has 0 saturated carbocycles. The van der Waals surface area contributed by atoms with Crippen LogP contribution in [-0.4, -0.2) is 28.8 Å². The van der Waals surface area contributed by atoms with Gasteiger partial charge in [0, 0.05) is 13.5 Å². The van der Waals surface area contributed by atoms with Crippen LogP contribution in [0.3, 0.4) is 0 Å². The summed E-state index contributed by atoms with van der Waals surface area (Å²) in [5, 5.41) is 30.6. The van der Waals surface area contributed by atoms with E-state index in [1.165, 1.54) is 19.1 Å². The van der Waals surface area contributed by atoms with Gasteiger partial charge in [0.25, 0.3) is 0 Å². The summed E-state index contributed by atoms with van der Waals surface area (Å²) in [4.78, 5) is 10.6. The Labute approximate surface area is 110 Å². The first-order chi connectivity index (χ1) is 8.95. The number of nitriles is 1. The number of amides is 1. The van der Waals surface area contributed by atoms with E-state index < -0.39 is 18.0 Å². The van der Waals surface area contributed by atoms with Crippen LogP contribution in [0.5, 0.6) is 0 Å². The van der Waals surface area contributed by atoms with E-state index in [1.54, 1.807) is 6.07 Å². The maximum atomic E-state index is 13.4. The number of halogens is 1. The summed E-state index contributed by atoms with van der Waals surface area (Å²) in [5.74, 6) is -0.973. The smallest absolute Gasteiger partial charge is 0.216 e. The van der Waals surface area contributed by atoms with Gasteiger partial charge in [-0.25, -0.2) is 4.39 Å². The number of rotatable bonds is 5. The molecule has 0 bridgehead atoms. The Morgan fingerprint density at radius 3 is 2.74 bits per heavy atom. The van der Waals surface area contributed by atoms with Gasteiger partial charge >= 0.3 is 0 Å². The number of aliphatic hydroxyl groups excluding tert-OH is 2. The van der Waals surface area contributed by atoms with Crippen molar-refractivity contribution in [1.82, 2.24) is 5.32 Å². The van der Waals surface area contributed by atoms with E-state index in [2.05, 4.69) is 5.32 Å². The summed E-state index contributed by atoms with van der Waals surface area (Å²) >= 11 is 0. The average molecular weight is 266 g/mol. The van der Waals surface area contributed by atoms with Crippen LogP contribution >= 0.6 is 0 Å². The third-order valence-corrected chi connectivity index (χ3v) is 2.63. The van der Waals surface area contributed by atoms with Crippen molar-refractivity contribution in [2.24, 2.45) is 0 Å². The number of benzene rings is 1. The summed E-state index contributed by atoms with van der Waals surface area (Å²) in [6.07, 6.45) is -2.25. The molecule has 1 aromatic carbocycles. The van der Waals surface area contributed by atoms with Crippen LogP contribution in [0.25, 0.3) is 0 Å². The number of carbonyl (C=O) groups excluding carboxylic acids is 1. The Morgan fingerprint density at radius 2 is 2.21 bits per heavy atom. The molecule has 0 fully saturated rings. The molecule has 6 heteroatoms. The van der Waals surface area contributed by atoms with Crippen LogP contribution in [0.4, 0.5) is 4.39 Å². The van der Waals surface area contributed by atoms with Gasteiger partial charge in [-0.15, -0.1) is 0 Å². The van der Waals surface area contributed by atoms with Gasteiger partial charge in [0.05, 0.1) is 11.7 Å². The summed E-state index contributed by atoms with van der Waals surface area (Å²) in [7, 11) is 0. The molecule has 0 saturated heterocycles. The molecule has 1 rings (SSSR count). The maximum Gasteiger partial charge on any atom is 0.216 e. The first-order valence-corrected chi connectivity index (χ1v) is 5.75. The highest BCUT2D eigenvalue weighted by molar-refractivity contribution is 5.72. The first kappa shape index (κ1) is 15.1. The van der Waals surface area contributed by atoms with Crippen LogP contribution in [-0.2, 0) is 4.79 Å². The molecule has 0 aromatic heterocycles. The van der Waals surface area contributed by atoms with Gasteiger partial charge in [-0.05, 0) is 24.1 Å². The maximum absolute atomic E-state index is 13.4. The molecular formula is C13H15FN2O3. The zero-order valence-corrected chi connectivity index (χ0v) is 10.4. The zero-order valence-electron chi connectivity index (χ0n) is 10.4. The first-order valence-electron chi connectivity index (χ1n) is 5.75. The van der Waals surface area contributed by atoms with Gasteiger partial charge in [-0.2, -0.15) is 5.26 Å². The summed E-state index contributed by atoms with van der Waals surface area (Å²) in [6, 6.07) is 5.32. The highest BCUT2D eigenvalue weighted by Crippen LogP contribution is 2.21. The number of carbonyl (C=O) groups is 1. The molecule has 1 amide bonds. The molecule has 2 atom stereocenters. The molecule has 0 aliphatic carbocycles. The number of hydrogen-bond donors (Lipinski definition) is 3. The van der Waals surface area contributed by atoms with E-state index >= 15 is 0 Å². The van der Waals surface area contributed by atoms with Gasteiger partial charge in [0.1, 0.15) is 18.0 Å². The van der Waals surface area contributed by atoms with Gasteiger partial charge in [-0.3, -0.25) is 4.79 Å². The van der Waals surface area contributed by atoms with Crippen LogP contribution in [0.15, 0.2) is 18.2 Å². The zero-order chi connectivity index (χ0) is 14.4. The van der Waals surface area contributed by atoms with Crippen LogP contribution < -0.4 is 5.32 Å². The second-order valence-corrected chi connectivity index (χ2v) is 4.13. The molecule has 0 aliphatic rings. The fourth-order valence-corrected chi connectivity index (χ4v) is 1.58. The minimum Gasteiger partial charge on any atom is -0.390 e. The predicted octanol–water partition coefficient (Wildman–Crippen LogP) is 0.618. The van der Waals surface area contributed by atoms with Crippen LogP contribution in [0, 0.1) is 17.1 Å². The predicted molar refractivity (Wildman–Crippen MR) is 65.4 cm³/mol. The van der Waals surface area contributed by atoms with Crippen molar-refractivity contribution in [2.75, 3.05) is 6.54 Å². The molecule has 0 radical (unpaired) electrons. The van der Waals surface area contributed by atoms with Crippen molar-refractivity contribution in [1.29, 1.82) is 5.26 Å². The number of aliphatic hydroxyl groups is 2. The normalized spacial score (nSPS) is 13.4. The van der Waals surface area contributed by atoms with Gasteiger partial charge in [-0.1, -0.05) is 6.07 Å². The Bertz CT molecular complexity index is 499. The topological polar surface area (TPSA) is 93.3 Å². The lowest BCUT2D eigenvalue weighted by atomic mass is 10.0. The highest BCUT2D eigenvalue weighted by Gasteiger charge is 2.19. The van der Waals surface area contributed by atoms with Gasteiger partial charge in [0.2, 0.25) is 5.91 Å². The Kier molecular flexibility index (Phi) is 5.42. The van der Waals surface area contributed by atoms with Crippen molar-refractivity contribution in [3.05, 3.63) is 35.1 Å². The van der Waals surface area contributed by atoms with Gasteiger partial charge in [0.15, 0.2) is 0 Å². The molecule has 5 nitrogen and oxygen atoms in total. The summed E-state index contributed by atoms with van der Waals surface area (Å²) in [6.45, 7) is 1.56. The van der Waals surface area contributed by atoms with Crippen molar-refractivity contribution in [3.63, 3.8) is 0 Å². The van der Waals surface area contributed by atoms with Crippen LogP contribution in [0.1, 0.15) is 30.6 Å². The molecular weight excluding hydrogens is 251 g/mol. The fraction of sp³-hybridized carbons (Fsp3) is 0.385. The minimum absolute atomic E-state index is 0.122. The van der Waals surface area contributed by atoms with E-state index in [4.69, 9.17) is 5.26 Å². The van der Waals surface area contributed by atoms with E-state index in [0.717, 1.165) is 6.07 Å². The minimum atomic E-state index is -1.27. The van der Waals surface area contributed by atoms with E-state index in [-0.39, 0.29) is 30.0 Å². The summed E-state index contributed by atoms with van der Waals surface area (Å²) in [5.41, 5.74) is 0.0653. The molecule has 0 heterocycles. The van der Waals surface area contributed by atoms with E-state index in [9.17, 15) is 19.4 Å².